The van der Waals surface area contributed by atoms with Gasteiger partial charge in [-0.15, -0.1) is 0 Å². The molecule has 24 heavy (non-hydrogen) atoms. The van der Waals surface area contributed by atoms with Crippen LogP contribution in [0.15, 0.2) is 66.9 Å². The third-order valence-electron chi connectivity index (χ3n) is 4.42. The van der Waals surface area contributed by atoms with Crippen LogP contribution in [0.25, 0.3) is 11.3 Å². The normalized spacial score (nSPS) is 15.3. The summed E-state index contributed by atoms with van der Waals surface area (Å²) in [5, 5.41) is 8.16. The molecular weight excluding hydrogens is 298 g/mol. The van der Waals surface area contributed by atoms with Crippen molar-refractivity contribution in [2.24, 2.45) is 0 Å². The summed E-state index contributed by atoms with van der Waals surface area (Å²) in [5.74, 6) is 1.68. The molecular formula is C20H21N3O. The Kier molecular flexibility index (Phi) is 4.30. The molecule has 1 aliphatic rings. The van der Waals surface area contributed by atoms with Crippen molar-refractivity contribution in [3.8, 4) is 22.8 Å². The van der Waals surface area contributed by atoms with Gasteiger partial charge in [-0.2, -0.15) is 5.10 Å². The summed E-state index contributed by atoms with van der Waals surface area (Å²) < 4.78 is 7.95. The van der Waals surface area contributed by atoms with E-state index in [2.05, 4.69) is 34.4 Å². The fraction of sp³-hybridized carbons (Fsp3) is 0.250. The first kappa shape index (κ1) is 15.0. The lowest BCUT2D eigenvalue weighted by Crippen LogP contribution is -2.29. The minimum atomic E-state index is 0.515. The van der Waals surface area contributed by atoms with Crippen LogP contribution in [-0.4, -0.2) is 22.9 Å². The van der Waals surface area contributed by atoms with E-state index in [1.165, 1.54) is 0 Å². The molecule has 1 N–H and O–H groups in total. The van der Waals surface area contributed by atoms with Gasteiger partial charge < -0.3 is 10.1 Å². The molecule has 0 atom stereocenters. The number of nitrogens with one attached hydrogen (secondary N) is 1. The Morgan fingerprint density at radius 2 is 1.58 bits per heavy atom. The van der Waals surface area contributed by atoms with Crippen LogP contribution in [0.4, 0.5) is 0 Å². The highest BCUT2D eigenvalue weighted by atomic mass is 16.5. The van der Waals surface area contributed by atoms with Crippen molar-refractivity contribution in [1.29, 1.82) is 0 Å². The second kappa shape index (κ2) is 6.89. The minimum absolute atomic E-state index is 0.515. The van der Waals surface area contributed by atoms with Gasteiger partial charge in [0.2, 0.25) is 0 Å². The molecule has 0 amide bonds. The van der Waals surface area contributed by atoms with E-state index >= 15 is 0 Å². The van der Waals surface area contributed by atoms with Crippen LogP contribution in [0.2, 0.25) is 0 Å². The quantitative estimate of drug-likeness (QED) is 0.780. The van der Waals surface area contributed by atoms with Crippen molar-refractivity contribution in [1.82, 2.24) is 15.1 Å². The average Bonchev–Trinajstić information content (AvgIpc) is 3.14. The fourth-order valence-corrected chi connectivity index (χ4v) is 3.08. The smallest absolute Gasteiger partial charge is 0.127 e. The average molecular weight is 319 g/mol. The number of hydrogen-bond acceptors (Lipinski definition) is 3. The van der Waals surface area contributed by atoms with Crippen LogP contribution in [0.1, 0.15) is 18.9 Å². The molecule has 2 heterocycles. The highest BCUT2D eigenvalue weighted by Gasteiger charge is 2.16. The number of benzene rings is 2. The summed E-state index contributed by atoms with van der Waals surface area (Å²) in [6.45, 7) is 2.15. The van der Waals surface area contributed by atoms with E-state index in [-0.39, 0.29) is 0 Å². The van der Waals surface area contributed by atoms with Crippen LogP contribution < -0.4 is 10.1 Å². The number of piperidine rings is 1. The summed E-state index contributed by atoms with van der Waals surface area (Å²) in [7, 11) is 0. The minimum Gasteiger partial charge on any atom is -0.457 e. The van der Waals surface area contributed by atoms with Gasteiger partial charge in [0.05, 0.1) is 11.7 Å². The lowest BCUT2D eigenvalue weighted by Gasteiger charge is -2.22. The molecule has 3 aromatic rings. The third kappa shape index (κ3) is 3.34. The number of hydrogen-bond donors (Lipinski definition) is 1. The van der Waals surface area contributed by atoms with E-state index in [1.54, 1.807) is 0 Å². The molecule has 4 nitrogen and oxygen atoms in total. The first-order chi connectivity index (χ1) is 11.9. The van der Waals surface area contributed by atoms with Crippen molar-refractivity contribution >= 4 is 0 Å². The Hall–Kier alpha value is -2.59. The van der Waals surface area contributed by atoms with Crippen molar-refractivity contribution in [2.45, 2.75) is 18.9 Å². The summed E-state index contributed by atoms with van der Waals surface area (Å²) in [6, 6.07) is 20.5. The van der Waals surface area contributed by atoms with Crippen molar-refractivity contribution in [3.63, 3.8) is 0 Å². The van der Waals surface area contributed by atoms with Crippen LogP contribution >= 0.6 is 0 Å². The van der Waals surface area contributed by atoms with Gasteiger partial charge in [-0.3, -0.25) is 4.68 Å². The molecule has 2 aromatic carbocycles. The molecule has 4 heteroatoms. The summed E-state index contributed by atoms with van der Waals surface area (Å²) in [4.78, 5) is 0. The van der Waals surface area contributed by atoms with Gasteiger partial charge in [0, 0.05) is 11.8 Å². The summed E-state index contributed by atoms with van der Waals surface area (Å²) in [5.41, 5.74) is 2.13. The molecule has 0 spiro atoms. The van der Waals surface area contributed by atoms with Crippen molar-refractivity contribution < 1.29 is 4.74 Å². The van der Waals surface area contributed by atoms with E-state index in [0.29, 0.717) is 6.04 Å². The molecule has 1 aliphatic heterocycles. The maximum absolute atomic E-state index is 5.84. The zero-order valence-corrected chi connectivity index (χ0v) is 13.6. The first-order valence-corrected chi connectivity index (χ1v) is 8.48. The van der Waals surface area contributed by atoms with Gasteiger partial charge in [0.15, 0.2) is 0 Å². The molecule has 0 radical (unpaired) electrons. The number of nitrogens with zero attached hydrogens (tertiary/aromatic N) is 2. The number of para-hydroxylation sites is 1. The molecule has 0 unspecified atom stereocenters. The molecule has 4 rings (SSSR count). The van der Waals surface area contributed by atoms with Crippen LogP contribution in [-0.2, 0) is 0 Å². The largest absolute Gasteiger partial charge is 0.457 e. The lowest BCUT2D eigenvalue weighted by molar-refractivity contribution is 0.343. The lowest BCUT2D eigenvalue weighted by atomic mass is 10.1. The third-order valence-corrected chi connectivity index (χ3v) is 4.42. The van der Waals surface area contributed by atoms with Gasteiger partial charge >= 0.3 is 0 Å². The monoisotopic (exact) mass is 319 g/mol. The standard InChI is InChI=1S/C20H21N3O/c1-2-4-18(5-3-1)24-19-8-6-16(7-9-19)20-12-15-23(22-20)17-10-13-21-14-11-17/h1-9,12,15,17,21H,10-11,13-14H2. The number of aromatic nitrogens is 2. The Morgan fingerprint density at radius 1 is 0.875 bits per heavy atom. The maximum Gasteiger partial charge on any atom is 0.127 e. The van der Waals surface area contributed by atoms with Crippen molar-refractivity contribution in [3.05, 3.63) is 66.9 Å². The van der Waals surface area contributed by atoms with Gasteiger partial charge in [-0.25, -0.2) is 0 Å². The Labute approximate surface area is 142 Å². The summed E-state index contributed by atoms with van der Waals surface area (Å²) in [6.07, 6.45) is 4.38. The Balaban J connectivity index is 1.47. The van der Waals surface area contributed by atoms with E-state index in [0.717, 1.165) is 48.7 Å². The van der Waals surface area contributed by atoms with E-state index in [1.807, 2.05) is 42.5 Å². The van der Waals surface area contributed by atoms with Gasteiger partial charge in [-0.05, 0) is 68.4 Å². The van der Waals surface area contributed by atoms with Crippen LogP contribution in [0.3, 0.4) is 0 Å². The molecule has 0 aliphatic carbocycles. The maximum atomic E-state index is 5.84. The second-order valence-corrected chi connectivity index (χ2v) is 6.10. The summed E-state index contributed by atoms with van der Waals surface area (Å²) >= 11 is 0. The zero-order chi connectivity index (χ0) is 16.2. The molecule has 122 valence electrons. The second-order valence-electron chi connectivity index (χ2n) is 6.10. The molecule has 1 saturated heterocycles. The van der Waals surface area contributed by atoms with E-state index < -0.39 is 0 Å². The topological polar surface area (TPSA) is 39.1 Å². The number of ether oxygens (including phenoxy) is 1. The highest BCUT2D eigenvalue weighted by Crippen LogP contribution is 2.26. The Bertz CT molecular complexity index is 774. The molecule has 1 fully saturated rings. The van der Waals surface area contributed by atoms with Gasteiger partial charge in [0.1, 0.15) is 11.5 Å². The van der Waals surface area contributed by atoms with Crippen LogP contribution in [0.5, 0.6) is 11.5 Å². The van der Waals surface area contributed by atoms with Crippen LogP contribution in [0, 0.1) is 0 Å². The number of rotatable bonds is 4. The van der Waals surface area contributed by atoms with Crippen molar-refractivity contribution in [2.75, 3.05) is 13.1 Å². The van der Waals surface area contributed by atoms with E-state index in [4.69, 9.17) is 9.84 Å². The van der Waals surface area contributed by atoms with E-state index in [9.17, 15) is 0 Å². The molecule has 1 aromatic heterocycles. The zero-order valence-electron chi connectivity index (χ0n) is 13.6. The SMILES string of the molecule is c1ccc(Oc2ccc(-c3ccn(C4CCNCC4)n3)cc2)cc1. The highest BCUT2D eigenvalue weighted by molar-refractivity contribution is 5.59. The fourth-order valence-electron chi connectivity index (χ4n) is 3.08. The van der Waals surface area contributed by atoms with Gasteiger partial charge in [0.25, 0.3) is 0 Å². The predicted octanol–water partition coefficient (Wildman–Crippen LogP) is 4.27. The first-order valence-electron chi connectivity index (χ1n) is 8.48. The van der Waals surface area contributed by atoms with Gasteiger partial charge in [-0.1, -0.05) is 18.2 Å². The predicted molar refractivity (Wildman–Crippen MR) is 95.3 cm³/mol. The Morgan fingerprint density at radius 3 is 2.33 bits per heavy atom. The molecule has 0 bridgehead atoms. The molecule has 0 saturated carbocycles.